The van der Waals surface area contributed by atoms with Crippen LogP contribution in [0.2, 0.25) is 0 Å². The van der Waals surface area contributed by atoms with Crippen LogP contribution in [0.1, 0.15) is 18.1 Å². The van der Waals surface area contributed by atoms with Gasteiger partial charge in [-0.25, -0.2) is 4.79 Å². The minimum atomic E-state index is -0.332. The summed E-state index contributed by atoms with van der Waals surface area (Å²) in [5.41, 5.74) is 1.84. The number of hydrogen-bond acceptors (Lipinski definition) is 3. The van der Waals surface area contributed by atoms with Crippen LogP contribution in [0, 0.1) is 11.8 Å². The summed E-state index contributed by atoms with van der Waals surface area (Å²) >= 11 is 0. The highest BCUT2D eigenvalue weighted by Crippen LogP contribution is 2.06. The lowest BCUT2D eigenvalue weighted by Gasteiger charge is -2.16. The summed E-state index contributed by atoms with van der Waals surface area (Å²) in [5, 5.41) is 8.58. The molecule has 18 heavy (non-hydrogen) atoms. The molecule has 0 bridgehead atoms. The highest BCUT2D eigenvalue weighted by atomic mass is 16.5. The SMILES string of the molecule is CCOC(=O)N(C)Cc1ccc(C#CCO)cc1. The molecule has 1 rings (SSSR count). The number of nitrogens with zero attached hydrogens (tertiary/aromatic N) is 1. The molecule has 0 aliphatic carbocycles. The van der Waals surface area contributed by atoms with E-state index in [-0.39, 0.29) is 12.7 Å². The van der Waals surface area contributed by atoms with Crippen molar-refractivity contribution in [2.75, 3.05) is 20.3 Å². The molecule has 0 spiro atoms. The largest absolute Gasteiger partial charge is 0.450 e. The van der Waals surface area contributed by atoms with Crippen molar-refractivity contribution in [3.8, 4) is 11.8 Å². The number of carbonyl (C=O) groups excluding carboxylic acids is 1. The Morgan fingerprint density at radius 3 is 2.61 bits per heavy atom. The number of benzene rings is 1. The van der Waals surface area contributed by atoms with Crippen molar-refractivity contribution < 1.29 is 14.6 Å². The van der Waals surface area contributed by atoms with Gasteiger partial charge in [-0.1, -0.05) is 24.0 Å². The first-order valence-electron chi connectivity index (χ1n) is 5.74. The molecule has 0 aliphatic rings. The fourth-order valence-electron chi connectivity index (χ4n) is 1.41. The van der Waals surface area contributed by atoms with E-state index in [2.05, 4.69) is 11.8 Å². The van der Waals surface area contributed by atoms with Crippen molar-refractivity contribution in [2.24, 2.45) is 0 Å². The average molecular weight is 247 g/mol. The maximum atomic E-state index is 11.4. The highest BCUT2D eigenvalue weighted by Gasteiger charge is 2.08. The normalized spacial score (nSPS) is 9.28. The van der Waals surface area contributed by atoms with Crippen LogP contribution in [-0.4, -0.2) is 36.4 Å². The molecule has 96 valence electrons. The predicted octanol–water partition coefficient (Wildman–Crippen LogP) is 1.62. The predicted molar refractivity (Wildman–Crippen MR) is 68.9 cm³/mol. The number of rotatable bonds is 3. The summed E-state index contributed by atoms with van der Waals surface area (Å²) in [6, 6.07) is 7.52. The first-order valence-corrected chi connectivity index (χ1v) is 5.74. The van der Waals surface area contributed by atoms with Crippen LogP contribution in [0.15, 0.2) is 24.3 Å². The number of hydrogen-bond donors (Lipinski definition) is 1. The zero-order valence-corrected chi connectivity index (χ0v) is 10.6. The van der Waals surface area contributed by atoms with E-state index in [4.69, 9.17) is 9.84 Å². The molecule has 0 fully saturated rings. The van der Waals surface area contributed by atoms with E-state index in [9.17, 15) is 4.79 Å². The van der Waals surface area contributed by atoms with Crippen molar-refractivity contribution in [1.82, 2.24) is 4.90 Å². The van der Waals surface area contributed by atoms with E-state index in [1.807, 2.05) is 24.3 Å². The topological polar surface area (TPSA) is 49.8 Å². The molecule has 1 aromatic rings. The van der Waals surface area contributed by atoms with E-state index in [1.54, 1.807) is 14.0 Å². The molecule has 1 amide bonds. The lowest BCUT2D eigenvalue weighted by molar-refractivity contribution is 0.114. The third-order valence-electron chi connectivity index (χ3n) is 2.26. The van der Waals surface area contributed by atoms with Gasteiger partial charge < -0.3 is 14.7 Å². The van der Waals surface area contributed by atoms with E-state index < -0.39 is 0 Å². The fraction of sp³-hybridized carbons (Fsp3) is 0.357. The Morgan fingerprint density at radius 2 is 2.06 bits per heavy atom. The van der Waals surface area contributed by atoms with Crippen LogP contribution in [0.25, 0.3) is 0 Å². The molecular formula is C14H17NO3. The molecule has 0 unspecified atom stereocenters. The van der Waals surface area contributed by atoms with E-state index >= 15 is 0 Å². The Kier molecular flexibility index (Phi) is 5.75. The van der Waals surface area contributed by atoms with Gasteiger partial charge in [0.25, 0.3) is 0 Å². The van der Waals surface area contributed by atoms with E-state index in [0.29, 0.717) is 13.2 Å². The minimum Gasteiger partial charge on any atom is -0.450 e. The molecule has 1 N–H and O–H groups in total. The second-order valence-electron chi connectivity index (χ2n) is 3.71. The van der Waals surface area contributed by atoms with Gasteiger partial charge in [-0.15, -0.1) is 0 Å². The standard InChI is InChI=1S/C14H17NO3/c1-3-18-14(17)15(2)11-13-8-6-12(7-9-13)5-4-10-16/h6-9,16H,3,10-11H2,1-2H3. The quantitative estimate of drug-likeness (QED) is 0.826. The monoisotopic (exact) mass is 247 g/mol. The third kappa shape index (κ3) is 4.48. The molecular weight excluding hydrogens is 230 g/mol. The lowest BCUT2D eigenvalue weighted by Crippen LogP contribution is -2.26. The summed E-state index contributed by atoms with van der Waals surface area (Å²) in [5.74, 6) is 5.39. The summed E-state index contributed by atoms with van der Waals surface area (Å²) in [7, 11) is 1.69. The zero-order valence-electron chi connectivity index (χ0n) is 10.6. The van der Waals surface area contributed by atoms with Gasteiger partial charge in [-0.05, 0) is 24.6 Å². The molecule has 0 aliphatic heterocycles. The number of aliphatic hydroxyl groups is 1. The number of amides is 1. The van der Waals surface area contributed by atoms with Gasteiger partial charge in [0.15, 0.2) is 0 Å². The smallest absolute Gasteiger partial charge is 0.409 e. The van der Waals surface area contributed by atoms with Crippen LogP contribution in [0.5, 0.6) is 0 Å². The van der Waals surface area contributed by atoms with Crippen LogP contribution in [-0.2, 0) is 11.3 Å². The molecule has 4 heteroatoms. The summed E-state index contributed by atoms with van der Waals surface area (Å²) < 4.78 is 4.89. The van der Waals surface area contributed by atoms with Crippen molar-refractivity contribution in [3.05, 3.63) is 35.4 Å². The second-order valence-corrected chi connectivity index (χ2v) is 3.71. The maximum absolute atomic E-state index is 11.4. The van der Waals surface area contributed by atoms with Crippen LogP contribution in [0.3, 0.4) is 0 Å². The number of ether oxygens (including phenoxy) is 1. The Balaban J connectivity index is 2.60. The molecule has 0 saturated carbocycles. The van der Waals surface area contributed by atoms with Gasteiger partial charge in [0, 0.05) is 19.2 Å². The van der Waals surface area contributed by atoms with Gasteiger partial charge in [0.05, 0.1) is 6.61 Å². The Hall–Kier alpha value is -1.99. The van der Waals surface area contributed by atoms with E-state index in [1.165, 1.54) is 4.90 Å². The van der Waals surface area contributed by atoms with Gasteiger partial charge in [0.1, 0.15) is 6.61 Å². The van der Waals surface area contributed by atoms with Crippen LogP contribution < -0.4 is 0 Å². The maximum Gasteiger partial charge on any atom is 0.409 e. The average Bonchev–Trinajstić information content (AvgIpc) is 2.38. The molecule has 0 atom stereocenters. The van der Waals surface area contributed by atoms with Gasteiger partial charge in [-0.2, -0.15) is 0 Å². The Morgan fingerprint density at radius 1 is 1.39 bits per heavy atom. The number of carbonyl (C=O) groups is 1. The Labute approximate surface area is 107 Å². The van der Waals surface area contributed by atoms with Crippen molar-refractivity contribution in [2.45, 2.75) is 13.5 Å². The molecule has 0 heterocycles. The van der Waals surface area contributed by atoms with Crippen LogP contribution in [0.4, 0.5) is 4.79 Å². The van der Waals surface area contributed by atoms with Crippen molar-refractivity contribution >= 4 is 6.09 Å². The summed E-state index contributed by atoms with van der Waals surface area (Å²) in [4.78, 5) is 12.9. The highest BCUT2D eigenvalue weighted by molar-refractivity contribution is 5.67. The van der Waals surface area contributed by atoms with Crippen molar-refractivity contribution in [1.29, 1.82) is 0 Å². The minimum absolute atomic E-state index is 0.145. The first kappa shape index (κ1) is 14.1. The second kappa shape index (κ2) is 7.36. The molecule has 1 aromatic carbocycles. The molecule has 0 aromatic heterocycles. The van der Waals surface area contributed by atoms with E-state index in [0.717, 1.165) is 11.1 Å². The summed E-state index contributed by atoms with van der Waals surface area (Å²) in [6.07, 6.45) is -0.332. The first-order chi connectivity index (χ1) is 8.67. The number of aliphatic hydroxyl groups excluding tert-OH is 1. The zero-order chi connectivity index (χ0) is 13.4. The third-order valence-corrected chi connectivity index (χ3v) is 2.26. The molecule has 0 radical (unpaired) electrons. The lowest BCUT2D eigenvalue weighted by atomic mass is 10.1. The van der Waals surface area contributed by atoms with Gasteiger partial charge in [-0.3, -0.25) is 0 Å². The fourth-order valence-corrected chi connectivity index (χ4v) is 1.41. The summed E-state index contributed by atoms with van der Waals surface area (Å²) in [6.45, 7) is 2.50. The molecule has 0 saturated heterocycles. The molecule has 4 nitrogen and oxygen atoms in total. The van der Waals surface area contributed by atoms with Gasteiger partial charge >= 0.3 is 6.09 Å². The Bertz CT molecular complexity index is 442. The van der Waals surface area contributed by atoms with Crippen LogP contribution >= 0.6 is 0 Å². The van der Waals surface area contributed by atoms with Crippen molar-refractivity contribution in [3.63, 3.8) is 0 Å². The van der Waals surface area contributed by atoms with Gasteiger partial charge in [0.2, 0.25) is 0 Å².